The van der Waals surface area contributed by atoms with E-state index in [4.69, 9.17) is 11.6 Å². The van der Waals surface area contributed by atoms with Crippen LogP contribution in [0.25, 0.3) is 0 Å². The van der Waals surface area contributed by atoms with Gasteiger partial charge >= 0.3 is 0 Å². The highest BCUT2D eigenvalue weighted by atomic mass is 35.5. The Morgan fingerprint density at radius 1 is 1.33 bits per heavy atom. The van der Waals surface area contributed by atoms with Crippen LogP contribution in [0.15, 0.2) is 0 Å². The standard InChI is InChI=1S/C11H21ClN2O/c1-13-5-4-9-2-3-10(7-13)14(9)8-11(15)6-12/h9-11,15H,2-8H2,1H3. The van der Waals surface area contributed by atoms with Crippen LogP contribution in [0.1, 0.15) is 19.3 Å². The molecule has 2 saturated heterocycles. The summed E-state index contributed by atoms with van der Waals surface area (Å²) < 4.78 is 0. The molecule has 3 unspecified atom stereocenters. The number of likely N-dealkylation sites (N-methyl/N-ethyl adjacent to an activating group) is 1. The molecule has 15 heavy (non-hydrogen) atoms. The van der Waals surface area contributed by atoms with Gasteiger partial charge in [0.2, 0.25) is 0 Å². The van der Waals surface area contributed by atoms with Crippen LogP contribution in [0.5, 0.6) is 0 Å². The van der Waals surface area contributed by atoms with Gasteiger partial charge in [0, 0.05) is 31.1 Å². The van der Waals surface area contributed by atoms with Gasteiger partial charge in [-0.05, 0) is 32.9 Å². The first-order chi connectivity index (χ1) is 7.20. The summed E-state index contributed by atoms with van der Waals surface area (Å²) in [5, 5.41) is 9.64. The van der Waals surface area contributed by atoms with E-state index in [-0.39, 0.29) is 6.10 Å². The maximum absolute atomic E-state index is 9.64. The molecular formula is C11H21ClN2O. The molecule has 2 aliphatic heterocycles. The molecule has 2 fully saturated rings. The lowest BCUT2D eigenvalue weighted by Crippen LogP contribution is -2.43. The minimum absolute atomic E-state index is 0.353. The summed E-state index contributed by atoms with van der Waals surface area (Å²) in [4.78, 5) is 4.89. The number of aliphatic hydroxyl groups excluding tert-OH is 1. The van der Waals surface area contributed by atoms with Gasteiger partial charge in [-0.15, -0.1) is 11.6 Å². The average molecular weight is 233 g/mol. The van der Waals surface area contributed by atoms with Gasteiger partial charge in [-0.1, -0.05) is 0 Å². The summed E-state index contributed by atoms with van der Waals surface area (Å²) >= 11 is 5.67. The molecule has 0 aromatic heterocycles. The Morgan fingerprint density at radius 3 is 2.80 bits per heavy atom. The summed E-state index contributed by atoms with van der Waals surface area (Å²) in [6.45, 7) is 3.09. The highest BCUT2D eigenvalue weighted by Crippen LogP contribution is 2.29. The number of alkyl halides is 1. The molecule has 0 spiro atoms. The Hall–Kier alpha value is 0.170. The first kappa shape index (κ1) is 11.6. The van der Waals surface area contributed by atoms with Crippen molar-refractivity contribution in [2.45, 2.75) is 37.5 Å². The summed E-state index contributed by atoms with van der Waals surface area (Å²) in [5.41, 5.74) is 0. The molecule has 1 N–H and O–H groups in total. The molecule has 88 valence electrons. The minimum Gasteiger partial charge on any atom is -0.391 e. The van der Waals surface area contributed by atoms with Crippen molar-refractivity contribution >= 4 is 11.6 Å². The van der Waals surface area contributed by atoms with E-state index in [2.05, 4.69) is 16.8 Å². The summed E-state index contributed by atoms with van der Waals surface area (Å²) in [7, 11) is 2.19. The van der Waals surface area contributed by atoms with Gasteiger partial charge in [0.1, 0.15) is 0 Å². The monoisotopic (exact) mass is 232 g/mol. The van der Waals surface area contributed by atoms with Gasteiger partial charge in [0.25, 0.3) is 0 Å². The number of nitrogens with zero attached hydrogens (tertiary/aromatic N) is 2. The van der Waals surface area contributed by atoms with Crippen LogP contribution < -0.4 is 0 Å². The predicted octanol–water partition coefficient (Wildman–Crippen LogP) is 0.755. The van der Waals surface area contributed by atoms with E-state index in [1.807, 2.05) is 0 Å². The number of rotatable bonds is 3. The van der Waals surface area contributed by atoms with Crippen molar-refractivity contribution < 1.29 is 5.11 Å². The molecular weight excluding hydrogens is 212 g/mol. The highest BCUT2D eigenvalue weighted by molar-refractivity contribution is 6.18. The lowest BCUT2D eigenvalue weighted by atomic mass is 10.1. The topological polar surface area (TPSA) is 26.7 Å². The SMILES string of the molecule is CN1CCC2CCC(C1)N2CC(O)CCl. The highest BCUT2D eigenvalue weighted by Gasteiger charge is 2.36. The Labute approximate surface area is 97.0 Å². The van der Waals surface area contributed by atoms with Crippen molar-refractivity contribution in [1.29, 1.82) is 0 Å². The van der Waals surface area contributed by atoms with Gasteiger partial charge in [0.15, 0.2) is 0 Å². The predicted molar refractivity (Wildman–Crippen MR) is 62.4 cm³/mol. The van der Waals surface area contributed by atoms with E-state index in [9.17, 15) is 5.11 Å². The summed E-state index contributed by atoms with van der Waals surface area (Å²) in [5.74, 6) is 0.353. The van der Waals surface area contributed by atoms with Crippen LogP contribution in [0.2, 0.25) is 0 Å². The molecule has 0 aromatic rings. The van der Waals surface area contributed by atoms with Crippen LogP contribution in [0, 0.1) is 0 Å². The van der Waals surface area contributed by atoms with Crippen LogP contribution in [0.4, 0.5) is 0 Å². The molecule has 0 radical (unpaired) electrons. The van der Waals surface area contributed by atoms with Crippen molar-refractivity contribution in [3.05, 3.63) is 0 Å². The molecule has 2 rings (SSSR count). The maximum atomic E-state index is 9.64. The third-order valence-corrected chi connectivity index (χ3v) is 4.09. The fourth-order valence-electron chi connectivity index (χ4n) is 2.93. The zero-order chi connectivity index (χ0) is 10.8. The molecule has 0 aliphatic carbocycles. The Balaban J connectivity index is 1.98. The van der Waals surface area contributed by atoms with Crippen LogP contribution in [0.3, 0.4) is 0 Å². The normalized spacial score (nSPS) is 35.4. The van der Waals surface area contributed by atoms with Crippen molar-refractivity contribution in [3.63, 3.8) is 0 Å². The molecule has 0 saturated carbocycles. The number of aliphatic hydroxyl groups is 1. The van der Waals surface area contributed by atoms with E-state index in [1.165, 1.54) is 25.8 Å². The number of halogens is 1. The lowest BCUT2D eigenvalue weighted by Gasteiger charge is -2.29. The van der Waals surface area contributed by atoms with Crippen LogP contribution >= 0.6 is 11.6 Å². The Morgan fingerprint density at radius 2 is 2.07 bits per heavy atom. The number of hydrogen-bond donors (Lipinski definition) is 1. The van der Waals surface area contributed by atoms with Crippen molar-refractivity contribution in [3.8, 4) is 0 Å². The van der Waals surface area contributed by atoms with E-state index in [0.717, 1.165) is 13.1 Å². The van der Waals surface area contributed by atoms with E-state index in [1.54, 1.807) is 0 Å². The summed E-state index contributed by atoms with van der Waals surface area (Å²) in [6.07, 6.45) is 3.46. The fraction of sp³-hybridized carbons (Fsp3) is 1.00. The van der Waals surface area contributed by atoms with Crippen LogP contribution in [-0.2, 0) is 0 Å². The zero-order valence-corrected chi connectivity index (χ0v) is 10.2. The fourth-order valence-corrected chi connectivity index (χ4v) is 3.03. The van der Waals surface area contributed by atoms with Gasteiger partial charge < -0.3 is 10.0 Å². The minimum atomic E-state index is -0.363. The number of fused-ring (bicyclic) bond motifs is 2. The maximum Gasteiger partial charge on any atom is 0.0802 e. The molecule has 2 aliphatic rings. The second-order valence-electron chi connectivity index (χ2n) is 4.94. The van der Waals surface area contributed by atoms with Crippen molar-refractivity contribution in [2.24, 2.45) is 0 Å². The first-order valence-electron chi connectivity index (χ1n) is 5.89. The summed E-state index contributed by atoms with van der Waals surface area (Å²) in [6, 6.07) is 1.32. The van der Waals surface area contributed by atoms with E-state index in [0.29, 0.717) is 18.0 Å². The van der Waals surface area contributed by atoms with E-state index >= 15 is 0 Å². The Bertz CT molecular complexity index is 215. The third kappa shape index (κ3) is 2.64. The average Bonchev–Trinajstić information content (AvgIpc) is 2.49. The molecule has 3 nitrogen and oxygen atoms in total. The van der Waals surface area contributed by atoms with Crippen molar-refractivity contribution in [2.75, 3.05) is 32.6 Å². The molecule has 2 heterocycles. The zero-order valence-electron chi connectivity index (χ0n) is 9.40. The van der Waals surface area contributed by atoms with E-state index < -0.39 is 0 Å². The smallest absolute Gasteiger partial charge is 0.0802 e. The number of likely N-dealkylation sites (tertiary alicyclic amines) is 1. The molecule has 0 amide bonds. The third-order valence-electron chi connectivity index (χ3n) is 3.74. The second kappa shape index (κ2) is 5.00. The molecule has 2 bridgehead atoms. The van der Waals surface area contributed by atoms with Crippen LogP contribution in [-0.4, -0.2) is 65.7 Å². The lowest BCUT2D eigenvalue weighted by molar-refractivity contribution is 0.0980. The van der Waals surface area contributed by atoms with Gasteiger partial charge in [-0.3, -0.25) is 4.90 Å². The number of hydrogen-bond acceptors (Lipinski definition) is 3. The Kier molecular flexibility index (Phi) is 3.88. The van der Waals surface area contributed by atoms with Gasteiger partial charge in [-0.2, -0.15) is 0 Å². The quantitative estimate of drug-likeness (QED) is 0.728. The van der Waals surface area contributed by atoms with Gasteiger partial charge in [0.05, 0.1) is 6.10 Å². The molecule has 0 aromatic carbocycles. The molecule has 3 atom stereocenters. The van der Waals surface area contributed by atoms with Crippen molar-refractivity contribution in [1.82, 2.24) is 9.80 Å². The van der Waals surface area contributed by atoms with Gasteiger partial charge in [-0.25, -0.2) is 0 Å². The second-order valence-corrected chi connectivity index (χ2v) is 5.25. The largest absolute Gasteiger partial charge is 0.391 e. The molecule has 4 heteroatoms. The first-order valence-corrected chi connectivity index (χ1v) is 6.42.